The van der Waals surface area contributed by atoms with E-state index in [-0.39, 0.29) is 28.4 Å². The number of nitrogens with zero attached hydrogens (tertiary/aromatic N) is 5. The Kier molecular flexibility index (Phi) is 4.36. The predicted octanol–water partition coefficient (Wildman–Crippen LogP) is 2.42. The van der Waals surface area contributed by atoms with Crippen molar-refractivity contribution in [2.45, 2.75) is 33.1 Å². The Balaban J connectivity index is 2.45. The fourth-order valence-electron chi connectivity index (χ4n) is 2.00. The molecule has 0 aliphatic heterocycles. The summed E-state index contributed by atoms with van der Waals surface area (Å²) < 4.78 is 6.57. The maximum Gasteiger partial charge on any atom is 0.298 e. The molecular formula is C14H19N7O2. The van der Waals surface area contributed by atoms with Crippen LogP contribution in [0.4, 0.5) is 11.5 Å². The molecule has 0 saturated carbocycles. The molecule has 0 aliphatic carbocycles. The minimum Gasteiger partial charge on any atom is -0.477 e. The largest absolute Gasteiger partial charge is 0.477 e. The molecule has 0 amide bonds. The van der Waals surface area contributed by atoms with Crippen molar-refractivity contribution in [2.75, 3.05) is 6.61 Å². The van der Waals surface area contributed by atoms with E-state index in [4.69, 9.17) is 4.74 Å². The molecule has 0 bridgehead atoms. The van der Waals surface area contributed by atoms with Gasteiger partial charge in [0.05, 0.1) is 12.3 Å². The fourth-order valence-corrected chi connectivity index (χ4v) is 2.00. The van der Waals surface area contributed by atoms with Gasteiger partial charge in [0.15, 0.2) is 0 Å². The van der Waals surface area contributed by atoms with Crippen molar-refractivity contribution in [2.24, 2.45) is 17.3 Å². The van der Waals surface area contributed by atoms with Gasteiger partial charge in [-0.1, -0.05) is 20.8 Å². The van der Waals surface area contributed by atoms with E-state index in [0.717, 1.165) is 0 Å². The highest BCUT2D eigenvalue weighted by Gasteiger charge is 2.24. The molecule has 2 rings (SSSR count). The molecule has 2 aromatic heterocycles. The van der Waals surface area contributed by atoms with Gasteiger partial charge in [0.25, 0.3) is 5.56 Å². The Morgan fingerprint density at radius 2 is 2.09 bits per heavy atom. The summed E-state index contributed by atoms with van der Waals surface area (Å²) in [6.45, 7) is 8.04. The zero-order valence-electron chi connectivity index (χ0n) is 13.8. The number of ether oxygens (including phenoxy) is 1. The molecule has 0 atom stereocenters. The van der Waals surface area contributed by atoms with Gasteiger partial charge in [0.1, 0.15) is 11.6 Å². The van der Waals surface area contributed by atoms with Gasteiger partial charge >= 0.3 is 0 Å². The normalized spacial score (nSPS) is 11.8. The van der Waals surface area contributed by atoms with Crippen LogP contribution in [0.1, 0.15) is 39.0 Å². The number of azo groups is 1. The van der Waals surface area contributed by atoms with Crippen LogP contribution >= 0.6 is 0 Å². The zero-order valence-corrected chi connectivity index (χ0v) is 13.8. The lowest BCUT2D eigenvalue weighted by atomic mass is 9.90. The first-order valence-electron chi connectivity index (χ1n) is 7.12. The average Bonchev–Trinajstić information content (AvgIpc) is 3.00. The van der Waals surface area contributed by atoms with Crippen LogP contribution in [-0.4, -0.2) is 26.6 Å². The third-order valence-electron chi connectivity index (χ3n) is 3.13. The molecule has 0 radical (unpaired) electrons. The van der Waals surface area contributed by atoms with E-state index in [2.05, 4.69) is 31.6 Å². The number of hydrogen-bond donors (Lipinski definition) is 2. The van der Waals surface area contributed by atoms with Gasteiger partial charge in [-0.15, -0.1) is 10.2 Å². The van der Waals surface area contributed by atoms with Crippen LogP contribution in [0.15, 0.2) is 15.0 Å². The number of aryl methyl sites for hydroxylation is 1. The highest BCUT2D eigenvalue weighted by Crippen LogP contribution is 2.30. The van der Waals surface area contributed by atoms with E-state index in [9.17, 15) is 10.1 Å². The van der Waals surface area contributed by atoms with Gasteiger partial charge in [0.2, 0.25) is 17.4 Å². The van der Waals surface area contributed by atoms with Gasteiger partial charge in [0, 0.05) is 12.5 Å². The summed E-state index contributed by atoms with van der Waals surface area (Å²) in [5.41, 5.74) is 0.361. The topological polar surface area (TPSA) is 124 Å². The van der Waals surface area contributed by atoms with Crippen molar-refractivity contribution >= 4 is 11.5 Å². The van der Waals surface area contributed by atoms with E-state index >= 15 is 0 Å². The molecule has 9 heteroatoms. The summed E-state index contributed by atoms with van der Waals surface area (Å²) in [5, 5.41) is 26.8. The van der Waals surface area contributed by atoms with Crippen LogP contribution in [0.25, 0.3) is 0 Å². The number of nitrogens with one attached hydrogen (secondary N) is 2. The number of aromatic nitrogens is 4. The summed E-state index contributed by atoms with van der Waals surface area (Å²) in [5.74, 6) is 0.372. The van der Waals surface area contributed by atoms with Crippen molar-refractivity contribution < 1.29 is 4.74 Å². The Morgan fingerprint density at radius 1 is 1.39 bits per heavy atom. The lowest BCUT2D eigenvalue weighted by Gasteiger charge is -2.15. The smallest absolute Gasteiger partial charge is 0.298 e. The maximum absolute atomic E-state index is 12.0. The Labute approximate surface area is 133 Å². The second-order valence-corrected chi connectivity index (χ2v) is 5.95. The molecule has 2 N–H and O–H groups in total. The molecule has 23 heavy (non-hydrogen) atoms. The monoisotopic (exact) mass is 317 g/mol. The quantitative estimate of drug-likeness (QED) is 0.840. The summed E-state index contributed by atoms with van der Waals surface area (Å²) >= 11 is 0. The van der Waals surface area contributed by atoms with Gasteiger partial charge in [-0.25, -0.2) is 0 Å². The molecule has 0 aromatic carbocycles. The van der Waals surface area contributed by atoms with Crippen LogP contribution < -0.4 is 10.3 Å². The number of rotatable bonds is 4. The number of aromatic amines is 2. The van der Waals surface area contributed by atoms with Gasteiger partial charge in [-0.05, 0) is 6.92 Å². The highest BCUT2D eigenvalue weighted by atomic mass is 16.5. The van der Waals surface area contributed by atoms with Crippen molar-refractivity contribution in [1.29, 1.82) is 5.26 Å². The maximum atomic E-state index is 12.0. The van der Waals surface area contributed by atoms with Crippen LogP contribution in [-0.2, 0) is 12.5 Å². The SMILES string of the molecule is CCOc1[nH]n(C)c(=O)c1N=Nc1n[nH]c(C(C)(C)C)c1C#N. The van der Waals surface area contributed by atoms with Crippen LogP contribution in [0.5, 0.6) is 5.88 Å². The number of nitriles is 1. The lowest BCUT2D eigenvalue weighted by molar-refractivity contribution is 0.324. The Bertz CT molecular complexity index is 827. The van der Waals surface area contributed by atoms with Crippen molar-refractivity contribution in [1.82, 2.24) is 20.0 Å². The van der Waals surface area contributed by atoms with E-state index < -0.39 is 0 Å². The number of H-pyrrole nitrogens is 2. The highest BCUT2D eigenvalue weighted by molar-refractivity contribution is 5.53. The van der Waals surface area contributed by atoms with Gasteiger partial charge < -0.3 is 4.74 Å². The lowest BCUT2D eigenvalue weighted by Crippen LogP contribution is -2.13. The van der Waals surface area contributed by atoms with E-state index in [1.54, 1.807) is 14.0 Å². The Morgan fingerprint density at radius 3 is 2.65 bits per heavy atom. The third kappa shape index (κ3) is 3.15. The van der Waals surface area contributed by atoms with Crippen LogP contribution in [0, 0.1) is 11.3 Å². The molecular weight excluding hydrogens is 298 g/mol. The molecule has 0 unspecified atom stereocenters. The molecule has 9 nitrogen and oxygen atoms in total. The predicted molar refractivity (Wildman–Crippen MR) is 83.4 cm³/mol. The average molecular weight is 317 g/mol. The number of hydrogen-bond acceptors (Lipinski definition) is 6. The molecule has 0 spiro atoms. The van der Waals surface area contributed by atoms with E-state index in [1.165, 1.54) is 4.68 Å². The molecule has 0 saturated heterocycles. The second kappa shape index (κ2) is 6.08. The second-order valence-electron chi connectivity index (χ2n) is 5.95. The molecule has 2 aromatic rings. The summed E-state index contributed by atoms with van der Waals surface area (Å²) in [6, 6.07) is 2.08. The van der Waals surface area contributed by atoms with Crippen LogP contribution in [0.2, 0.25) is 0 Å². The Hall–Kier alpha value is -2.89. The first kappa shape index (κ1) is 16.5. The molecule has 2 heterocycles. The fraction of sp³-hybridized carbons (Fsp3) is 0.500. The van der Waals surface area contributed by atoms with Crippen molar-refractivity contribution in [3.63, 3.8) is 0 Å². The van der Waals surface area contributed by atoms with Gasteiger partial charge in [-0.2, -0.15) is 10.4 Å². The minimum absolute atomic E-state index is 0.0403. The van der Waals surface area contributed by atoms with E-state index in [1.807, 2.05) is 20.8 Å². The zero-order chi connectivity index (χ0) is 17.2. The minimum atomic E-state index is -0.373. The summed E-state index contributed by atoms with van der Waals surface area (Å²) in [4.78, 5) is 12.0. The molecule has 122 valence electrons. The first-order chi connectivity index (χ1) is 10.8. The van der Waals surface area contributed by atoms with E-state index in [0.29, 0.717) is 17.9 Å². The summed E-state index contributed by atoms with van der Waals surface area (Å²) in [7, 11) is 1.55. The van der Waals surface area contributed by atoms with Gasteiger partial charge in [-0.3, -0.25) is 19.7 Å². The standard InChI is InChI=1S/C14H19N7O2/c1-6-23-12-9(13(22)21(5)20-12)16-18-11-8(7-15)10(17-19-11)14(2,3)4/h20H,6H2,1-5H3,(H,17,19). The van der Waals surface area contributed by atoms with Crippen molar-refractivity contribution in [3.05, 3.63) is 21.6 Å². The molecule has 0 aliphatic rings. The van der Waals surface area contributed by atoms with Crippen molar-refractivity contribution in [3.8, 4) is 11.9 Å². The molecule has 0 fully saturated rings. The first-order valence-corrected chi connectivity index (χ1v) is 7.12. The third-order valence-corrected chi connectivity index (χ3v) is 3.13. The van der Waals surface area contributed by atoms with Crippen LogP contribution in [0.3, 0.4) is 0 Å². The summed E-state index contributed by atoms with van der Waals surface area (Å²) in [6.07, 6.45) is 0.